The molecule has 2 N–H and O–H groups in total. The van der Waals surface area contributed by atoms with Crippen molar-refractivity contribution in [3.05, 3.63) is 29.6 Å². The Hall–Kier alpha value is -1.53. The first-order valence-electron chi connectivity index (χ1n) is 5.31. The average molecular weight is 221 g/mol. The quantitative estimate of drug-likeness (QED) is 0.748. The van der Waals surface area contributed by atoms with E-state index >= 15 is 0 Å². The van der Waals surface area contributed by atoms with Gasteiger partial charge in [0.05, 0.1) is 0 Å². The molecule has 0 heterocycles. The Balaban J connectivity index is 2.57. The molecule has 16 heavy (non-hydrogen) atoms. The Morgan fingerprint density at radius 1 is 1.50 bits per heavy atom. The second-order valence-electron chi connectivity index (χ2n) is 3.71. The SMILES string of the molecule is C#CCC(CC)NCc1cc(O)cc(F)c1. The number of rotatable bonds is 5. The largest absolute Gasteiger partial charge is 0.508 e. The number of aromatic hydroxyl groups is 1. The summed E-state index contributed by atoms with van der Waals surface area (Å²) in [5, 5.41) is 12.4. The van der Waals surface area contributed by atoms with Gasteiger partial charge >= 0.3 is 0 Å². The Labute approximate surface area is 95.5 Å². The smallest absolute Gasteiger partial charge is 0.127 e. The molecule has 0 radical (unpaired) electrons. The first-order chi connectivity index (χ1) is 7.65. The maximum atomic E-state index is 13.0. The summed E-state index contributed by atoms with van der Waals surface area (Å²) >= 11 is 0. The zero-order chi connectivity index (χ0) is 12.0. The second-order valence-corrected chi connectivity index (χ2v) is 3.71. The van der Waals surface area contributed by atoms with Crippen LogP contribution in [0.25, 0.3) is 0 Å². The summed E-state index contributed by atoms with van der Waals surface area (Å²) in [6.45, 7) is 2.55. The van der Waals surface area contributed by atoms with Gasteiger partial charge in [-0.2, -0.15) is 0 Å². The van der Waals surface area contributed by atoms with Gasteiger partial charge in [-0.15, -0.1) is 12.3 Å². The first kappa shape index (κ1) is 12.5. The van der Waals surface area contributed by atoms with Gasteiger partial charge in [-0.1, -0.05) is 6.92 Å². The van der Waals surface area contributed by atoms with Crippen molar-refractivity contribution in [2.24, 2.45) is 0 Å². The lowest BCUT2D eigenvalue weighted by molar-refractivity contribution is 0.464. The van der Waals surface area contributed by atoms with Crippen LogP contribution < -0.4 is 5.32 Å². The van der Waals surface area contributed by atoms with Crippen LogP contribution >= 0.6 is 0 Å². The first-order valence-corrected chi connectivity index (χ1v) is 5.31. The highest BCUT2D eigenvalue weighted by atomic mass is 19.1. The van der Waals surface area contributed by atoms with Crippen molar-refractivity contribution >= 4 is 0 Å². The highest BCUT2D eigenvalue weighted by Gasteiger charge is 2.05. The predicted molar refractivity (Wildman–Crippen MR) is 62.4 cm³/mol. The van der Waals surface area contributed by atoms with Crippen LogP contribution in [0.5, 0.6) is 5.75 Å². The number of hydrogen-bond donors (Lipinski definition) is 2. The van der Waals surface area contributed by atoms with E-state index in [4.69, 9.17) is 6.42 Å². The van der Waals surface area contributed by atoms with Crippen LogP contribution in [0.3, 0.4) is 0 Å². The Morgan fingerprint density at radius 2 is 2.25 bits per heavy atom. The van der Waals surface area contributed by atoms with Gasteiger partial charge in [0, 0.05) is 25.1 Å². The highest BCUT2D eigenvalue weighted by Crippen LogP contribution is 2.14. The van der Waals surface area contributed by atoms with E-state index in [1.54, 1.807) is 6.07 Å². The lowest BCUT2D eigenvalue weighted by Crippen LogP contribution is -2.27. The molecule has 3 heteroatoms. The molecule has 0 aromatic heterocycles. The minimum Gasteiger partial charge on any atom is -0.508 e. The Morgan fingerprint density at radius 3 is 2.81 bits per heavy atom. The van der Waals surface area contributed by atoms with Gasteiger partial charge in [0.1, 0.15) is 11.6 Å². The molecule has 1 aromatic carbocycles. The van der Waals surface area contributed by atoms with Gasteiger partial charge in [-0.05, 0) is 24.1 Å². The van der Waals surface area contributed by atoms with Crippen molar-refractivity contribution in [2.45, 2.75) is 32.4 Å². The molecule has 0 amide bonds. The van der Waals surface area contributed by atoms with Crippen LogP contribution in [0.15, 0.2) is 18.2 Å². The van der Waals surface area contributed by atoms with Crippen molar-refractivity contribution in [3.63, 3.8) is 0 Å². The fourth-order valence-electron chi connectivity index (χ4n) is 1.50. The number of phenols is 1. The normalized spacial score (nSPS) is 12.1. The minimum absolute atomic E-state index is 0.0539. The minimum atomic E-state index is -0.429. The molecule has 0 aliphatic carbocycles. The second kappa shape index (κ2) is 6.14. The van der Waals surface area contributed by atoms with E-state index in [2.05, 4.69) is 11.2 Å². The van der Waals surface area contributed by atoms with E-state index in [1.807, 2.05) is 6.92 Å². The van der Waals surface area contributed by atoms with E-state index in [1.165, 1.54) is 6.07 Å². The van der Waals surface area contributed by atoms with Gasteiger partial charge in [0.25, 0.3) is 0 Å². The lowest BCUT2D eigenvalue weighted by atomic mass is 10.1. The molecule has 0 bridgehead atoms. The molecule has 86 valence electrons. The van der Waals surface area contributed by atoms with Crippen LogP contribution in [0, 0.1) is 18.2 Å². The fraction of sp³-hybridized carbons (Fsp3) is 0.385. The number of phenolic OH excluding ortho intramolecular Hbond substituents is 1. The van der Waals surface area contributed by atoms with Gasteiger partial charge in [0.15, 0.2) is 0 Å². The molecule has 1 aromatic rings. The van der Waals surface area contributed by atoms with Gasteiger partial charge in [0.2, 0.25) is 0 Å². The van der Waals surface area contributed by atoms with Crippen molar-refractivity contribution in [1.29, 1.82) is 0 Å². The maximum absolute atomic E-state index is 13.0. The summed E-state index contributed by atoms with van der Waals surface area (Å²) in [6, 6.07) is 4.26. The molecule has 0 aliphatic rings. The molecule has 0 fully saturated rings. The zero-order valence-electron chi connectivity index (χ0n) is 9.33. The number of nitrogens with one attached hydrogen (secondary N) is 1. The summed E-state index contributed by atoms with van der Waals surface area (Å²) in [6.07, 6.45) is 6.80. The van der Waals surface area contributed by atoms with E-state index in [-0.39, 0.29) is 11.8 Å². The average Bonchev–Trinajstić information content (AvgIpc) is 2.23. The number of halogens is 1. The molecule has 0 aliphatic heterocycles. The van der Waals surface area contributed by atoms with Crippen LogP contribution in [-0.2, 0) is 6.54 Å². The summed E-state index contributed by atoms with van der Waals surface area (Å²) in [7, 11) is 0. The molecule has 0 saturated heterocycles. The van der Waals surface area contributed by atoms with E-state index in [9.17, 15) is 9.50 Å². The number of benzene rings is 1. The van der Waals surface area contributed by atoms with Crippen molar-refractivity contribution in [1.82, 2.24) is 5.32 Å². The fourth-order valence-corrected chi connectivity index (χ4v) is 1.50. The Kier molecular flexibility index (Phi) is 4.81. The molecular weight excluding hydrogens is 205 g/mol. The molecule has 2 nitrogen and oxygen atoms in total. The number of hydrogen-bond acceptors (Lipinski definition) is 2. The highest BCUT2D eigenvalue weighted by molar-refractivity contribution is 5.28. The monoisotopic (exact) mass is 221 g/mol. The third kappa shape index (κ3) is 3.92. The summed E-state index contributed by atoms with van der Waals surface area (Å²) in [5.41, 5.74) is 0.716. The lowest BCUT2D eigenvalue weighted by Gasteiger charge is -2.14. The van der Waals surface area contributed by atoms with E-state index < -0.39 is 5.82 Å². The standard InChI is InChI=1S/C13H16FNO/c1-3-5-12(4-2)15-9-10-6-11(14)8-13(16)7-10/h1,6-8,12,15-16H,4-5,9H2,2H3. The molecule has 1 atom stereocenters. The topological polar surface area (TPSA) is 32.3 Å². The molecule has 1 rings (SSSR count). The van der Waals surface area contributed by atoms with Crippen molar-refractivity contribution < 1.29 is 9.50 Å². The summed E-state index contributed by atoms with van der Waals surface area (Å²) in [5.74, 6) is 2.11. The number of terminal acetylenes is 1. The third-order valence-corrected chi connectivity index (χ3v) is 2.39. The van der Waals surface area contributed by atoms with Crippen LogP contribution in [0.2, 0.25) is 0 Å². The zero-order valence-corrected chi connectivity index (χ0v) is 9.33. The van der Waals surface area contributed by atoms with E-state index in [0.29, 0.717) is 18.5 Å². The summed E-state index contributed by atoms with van der Waals surface area (Å²) < 4.78 is 13.0. The summed E-state index contributed by atoms with van der Waals surface area (Å²) in [4.78, 5) is 0. The molecular formula is C13H16FNO. The van der Waals surface area contributed by atoms with Crippen molar-refractivity contribution in [2.75, 3.05) is 0 Å². The Bertz CT molecular complexity index is 364. The van der Waals surface area contributed by atoms with Gasteiger partial charge in [-0.3, -0.25) is 0 Å². The third-order valence-electron chi connectivity index (χ3n) is 2.39. The van der Waals surface area contributed by atoms with Crippen LogP contribution in [0.4, 0.5) is 4.39 Å². The van der Waals surface area contributed by atoms with E-state index in [0.717, 1.165) is 12.5 Å². The van der Waals surface area contributed by atoms with Crippen LogP contribution in [0.1, 0.15) is 25.3 Å². The van der Waals surface area contributed by atoms with Gasteiger partial charge in [-0.25, -0.2) is 4.39 Å². The van der Waals surface area contributed by atoms with Gasteiger partial charge < -0.3 is 10.4 Å². The molecule has 1 unspecified atom stereocenters. The molecule has 0 spiro atoms. The predicted octanol–water partition coefficient (Wildman–Crippen LogP) is 2.42. The van der Waals surface area contributed by atoms with Crippen LogP contribution in [-0.4, -0.2) is 11.1 Å². The van der Waals surface area contributed by atoms with Crippen molar-refractivity contribution in [3.8, 4) is 18.1 Å². The maximum Gasteiger partial charge on any atom is 0.127 e. The molecule has 0 saturated carbocycles.